The summed E-state index contributed by atoms with van der Waals surface area (Å²) in [5, 5.41) is 24.0. The van der Waals surface area contributed by atoms with E-state index in [1.807, 2.05) is 6.07 Å². The van der Waals surface area contributed by atoms with Crippen molar-refractivity contribution in [3.05, 3.63) is 52.2 Å². The van der Waals surface area contributed by atoms with Crippen molar-refractivity contribution in [1.82, 2.24) is 19.4 Å². The number of benzene rings is 1. The maximum absolute atomic E-state index is 15.0. The van der Waals surface area contributed by atoms with Gasteiger partial charge in [0.1, 0.15) is 5.69 Å². The van der Waals surface area contributed by atoms with Crippen LogP contribution in [0.15, 0.2) is 35.3 Å². The van der Waals surface area contributed by atoms with Crippen LogP contribution in [0.1, 0.15) is 44.8 Å². The molecule has 1 aromatic carbocycles. The number of fused-ring (bicyclic) bond motifs is 1. The average Bonchev–Trinajstić information content (AvgIpc) is 2.86. The van der Waals surface area contributed by atoms with Crippen LogP contribution in [0, 0.1) is 5.82 Å². The third-order valence-electron chi connectivity index (χ3n) is 7.17. The monoisotopic (exact) mass is 511 g/mol. The molecular formula is C27H34FN5O4. The van der Waals surface area contributed by atoms with Crippen LogP contribution in [-0.4, -0.2) is 74.2 Å². The van der Waals surface area contributed by atoms with Crippen LogP contribution >= 0.6 is 0 Å². The summed E-state index contributed by atoms with van der Waals surface area (Å²) >= 11 is 0. The van der Waals surface area contributed by atoms with Crippen molar-refractivity contribution in [3.63, 3.8) is 0 Å². The van der Waals surface area contributed by atoms with E-state index in [4.69, 9.17) is 4.74 Å². The summed E-state index contributed by atoms with van der Waals surface area (Å²) in [6, 6.07) is 6.67. The first-order valence-electron chi connectivity index (χ1n) is 12.9. The van der Waals surface area contributed by atoms with Crippen molar-refractivity contribution in [2.75, 3.05) is 31.6 Å². The van der Waals surface area contributed by atoms with Gasteiger partial charge in [0.2, 0.25) is 5.95 Å². The predicted molar refractivity (Wildman–Crippen MR) is 139 cm³/mol. The number of pyridine rings is 1. The van der Waals surface area contributed by atoms with E-state index in [0.29, 0.717) is 42.6 Å². The first kappa shape index (κ1) is 25.7. The molecule has 0 amide bonds. The van der Waals surface area contributed by atoms with E-state index >= 15 is 0 Å². The molecule has 0 unspecified atom stereocenters. The zero-order chi connectivity index (χ0) is 26.1. The van der Waals surface area contributed by atoms with E-state index in [-0.39, 0.29) is 41.9 Å². The van der Waals surface area contributed by atoms with Gasteiger partial charge in [-0.05, 0) is 51.8 Å². The summed E-state index contributed by atoms with van der Waals surface area (Å²) in [6.45, 7) is 6.84. The third-order valence-corrected chi connectivity index (χ3v) is 7.17. The standard InChI is InChI=1S/C27H34FN5O4/c1-16(2)33-18(13-32-8-3-4-19(34)14-32)11-24(35)20-6-5-17(10-23(20)33)26-21(28)12-29-27(31-26)30-22-7-9-37-15-25(22)36/h5-6,10-12,16,19,22,25,34,36H,3-4,7-9,13-15H2,1-2H3,(H,29,30,31)/t19-,22+,25+/m0/s1. The van der Waals surface area contributed by atoms with Crippen molar-refractivity contribution in [2.24, 2.45) is 0 Å². The highest BCUT2D eigenvalue weighted by Gasteiger charge is 2.25. The topological polar surface area (TPSA) is 113 Å². The number of hydrogen-bond donors (Lipinski definition) is 3. The highest BCUT2D eigenvalue weighted by molar-refractivity contribution is 5.84. The van der Waals surface area contributed by atoms with Gasteiger partial charge in [0.15, 0.2) is 11.2 Å². The Kier molecular flexibility index (Phi) is 7.52. The van der Waals surface area contributed by atoms with Crippen LogP contribution in [0.5, 0.6) is 0 Å². The molecule has 9 nitrogen and oxygen atoms in total. The molecule has 2 fully saturated rings. The lowest BCUT2D eigenvalue weighted by atomic mass is 10.0. The van der Waals surface area contributed by atoms with Crippen molar-refractivity contribution < 1.29 is 19.3 Å². The molecule has 2 aliphatic heterocycles. The highest BCUT2D eigenvalue weighted by Crippen LogP contribution is 2.28. The Labute approximate surface area is 214 Å². The molecule has 4 heterocycles. The fraction of sp³-hybridized carbons (Fsp3) is 0.519. The number of rotatable bonds is 6. The first-order valence-corrected chi connectivity index (χ1v) is 12.9. The first-order chi connectivity index (χ1) is 17.8. The van der Waals surface area contributed by atoms with Gasteiger partial charge < -0.3 is 24.8 Å². The number of nitrogens with zero attached hydrogens (tertiary/aromatic N) is 4. The molecule has 2 saturated heterocycles. The molecule has 2 aromatic heterocycles. The minimum Gasteiger partial charge on any atom is -0.392 e. The molecule has 0 saturated carbocycles. The molecule has 3 atom stereocenters. The van der Waals surface area contributed by atoms with E-state index in [1.165, 1.54) is 0 Å². The lowest BCUT2D eigenvalue weighted by molar-refractivity contribution is -0.0136. The van der Waals surface area contributed by atoms with Gasteiger partial charge in [0.05, 0.1) is 36.6 Å². The molecule has 5 rings (SSSR count). The number of aliphatic hydroxyl groups excluding tert-OH is 2. The van der Waals surface area contributed by atoms with E-state index in [0.717, 1.165) is 31.3 Å². The van der Waals surface area contributed by atoms with Crippen LogP contribution in [0.2, 0.25) is 0 Å². The van der Waals surface area contributed by atoms with E-state index in [9.17, 15) is 19.4 Å². The van der Waals surface area contributed by atoms with Crippen molar-refractivity contribution in [1.29, 1.82) is 0 Å². The SMILES string of the molecule is CC(C)n1c(CN2CCC[C@H](O)C2)cc(=O)c2ccc(-c3nc(N[C@@H]4CCOC[C@H]4O)ncc3F)cc21. The van der Waals surface area contributed by atoms with Crippen LogP contribution in [-0.2, 0) is 11.3 Å². The number of piperidine rings is 1. The summed E-state index contributed by atoms with van der Waals surface area (Å²) in [5.41, 5.74) is 2.12. The van der Waals surface area contributed by atoms with Crippen LogP contribution < -0.4 is 10.7 Å². The molecule has 2 aliphatic rings. The van der Waals surface area contributed by atoms with E-state index in [2.05, 4.69) is 38.6 Å². The van der Waals surface area contributed by atoms with Crippen LogP contribution in [0.4, 0.5) is 10.3 Å². The normalized spacial score (nSPS) is 23.0. The second-order valence-electron chi connectivity index (χ2n) is 10.3. The fourth-order valence-electron chi connectivity index (χ4n) is 5.37. The van der Waals surface area contributed by atoms with Gasteiger partial charge in [0.25, 0.3) is 0 Å². The molecule has 3 N–H and O–H groups in total. The van der Waals surface area contributed by atoms with Gasteiger partial charge >= 0.3 is 0 Å². The maximum atomic E-state index is 15.0. The smallest absolute Gasteiger partial charge is 0.223 e. The maximum Gasteiger partial charge on any atom is 0.223 e. The number of aromatic nitrogens is 3. The Hall–Kier alpha value is -2.92. The summed E-state index contributed by atoms with van der Waals surface area (Å²) in [7, 11) is 0. The Balaban J connectivity index is 1.53. The summed E-state index contributed by atoms with van der Waals surface area (Å²) < 4.78 is 22.3. The number of likely N-dealkylation sites (tertiary alicyclic amines) is 1. The molecule has 198 valence electrons. The number of halogens is 1. The predicted octanol–water partition coefficient (Wildman–Crippen LogP) is 2.70. The lowest BCUT2D eigenvalue weighted by Gasteiger charge is -2.31. The number of ether oxygens (including phenoxy) is 1. The molecule has 10 heteroatoms. The minimum atomic E-state index is -0.702. The lowest BCUT2D eigenvalue weighted by Crippen LogP contribution is -2.42. The molecule has 0 radical (unpaired) electrons. The van der Waals surface area contributed by atoms with Gasteiger partial charge in [-0.3, -0.25) is 9.69 Å². The number of hydrogen-bond acceptors (Lipinski definition) is 8. The van der Waals surface area contributed by atoms with Gasteiger partial charge in [-0.2, -0.15) is 0 Å². The van der Waals surface area contributed by atoms with Gasteiger partial charge in [-0.15, -0.1) is 0 Å². The third kappa shape index (κ3) is 5.52. The minimum absolute atomic E-state index is 0.0468. The largest absolute Gasteiger partial charge is 0.392 e. The van der Waals surface area contributed by atoms with Crippen molar-refractivity contribution >= 4 is 16.9 Å². The molecular weight excluding hydrogens is 477 g/mol. The summed E-state index contributed by atoms with van der Waals surface area (Å²) in [5.74, 6) is -0.351. The van der Waals surface area contributed by atoms with Crippen LogP contribution in [0.25, 0.3) is 22.2 Å². The second kappa shape index (κ2) is 10.8. The number of anilines is 1. The average molecular weight is 512 g/mol. The molecule has 37 heavy (non-hydrogen) atoms. The Morgan fingerprint density at radius 1 is 1.24 bits per heavy atom. The Morgan fingerprint density at radius 3 is 2.84 bits per heavy atom. The van der Waals surface area contributed by atoms with Gasteiger partial charge in [0, 0.05) is 48.4 Å². The van der Waals surface area contributed by atoms with Gasteiger partial charge in [-0.25, -0.2) is 14.4 Å². The molecule has 0 aliphatic carbocycles. The Morgan fingerprint density at radius 2 is 2.08 bits per heavy atom. The number of aliphatic hydroxyl groups is 2. The zero-order valence-electron chi connectivity index (χ0n) is 21.2. The number of β-amino-alcohol motifs (C(OH)–C–C–N with tert-alkyl or cyclic N) is 1. The second-order valence-corrected chi connectivity index (χ2v) is 10.3. The van der Waals surface area contributed by atoms with Crippen LogP contribution in [0.3, 0.4) is 0 Å². The van der Waals surface area contributed by atoms with E-state index < -0.39 is 11.9 Å². The molecule has 3 aromatic rings. The van der Waals surface area contributed by atoms with E-state index in [1.54, 1.807) is 18.2 Å². The number of nitrogens with one attached hydrogen (secondary N) is 1. The molecule has 0 spiro atoms. The summed E-state index contributed by atoms with van der Waals surface area (Å²) in [4.78, 5) is 23.7. The quantitative estimate of drug-likeness (QED) is 0.463. The molecule has 0 bridgehead atoms. The van der Waals surface area contributed by atoms with Crippen molar-refractivity contribution in [3.8, 4) is 11.3 Å². The zero-order valence-corrected chi connectivity index (χ0v) is 21.2. The Bertz CT molecular complexity index is 1330. The van der Waals surface area contributed by atoms with Crippen molar-refractivity contribution in [2.45, 2.75) is 63.9 Å². The van der Waals surface area contributed by atoms with Gasteiger partial charge in [-0.1, -0.05) is 6.07 Å². The summed E-state index contributed by atoms with van der Waals surface area (Å²) in [6.07, 6.45) is 2.36. The fourth-order valence-corrected chi connectivity index (χ4v) is 5.37. The highest BCUT2D eigenvalue weighted by atomic mass is 19.1.